The topological polar surface area (TPSA) is 77.6 Å². The van der Waals surface area contributed by atoms with Crippen molar-refractivity contribution in [3.63, 3.8) is 0 Å². The summed E-state index contributed by atoms with van der Waals surface area (Å²) in [6.07, 6.45) is 0. The molecule has 0 N–H and O–H groups in total. The molecule has 8 aromatic rings. The van der Waals surface area contributed by atoms with Gasteiger partial charge in [0.15, 0.2) is 23.3 Å². The summed E-state index contributed by atoms with van der Waals surface area (Å²) < 4.78 is 6.24. The molecular formula is C37H23N5O. The molecule has 43 heavy (non-hydrogen) atoms. The first-order valence-electron chi connectivity index (χ1n) is 14.0. The van der Waals surface area contributed by atoms with E-state index in [1.54, 1.807) is 0 Å². The van der Waals surface area contributed by atoms with Crippen LogP contribution in [0.5, 0.6) is 0 Å². The average molecular weight is 554 g/mol. The van der Waals surface area contributed by atoms with E-state index in [1.165, 1.54) is 0 Å². The normalized spacial score (nSPS) is 11.3. The Labute approximate surface area is 247 Å². The number of aromatic nitrogens is 5. The Morgan fingerprint density at radius 3 is 1.44 bits per heavy atom. The zero-order valence-corrected chi connectivity index (χ0v) is 22.9. The molecule has 0 saturated carbocycles. The van der Waals surface area contributed by atoms with Gasteiger partial charge in [0.2, 0.25) is 5.71 Å². The number of furan rings is 1. The van der Waals surface area contributed by atoms with Crippen molar-refractivity contribution in [2.45, 2.75) is 0 Å². The first kappa shape index (κ1) is 24.8. The molecule has 0 atom stereocenters. The molecule has 0 radical (unpaired) electrons. The number of hydrogen-bond donors (Lipinski definition) is 0. The van der Waals surface area contributed by atoms with Gasteiger partial charge in [-0.15, -0.1) is 0 Å². The van der Waals surface area contributed by atoms with Crippen LogP contribution in [0.1, 0.15) is 0 Å². The predicted octanol–water partition coefficient (Wildman–Crippen LogP) is 8.90. The first-order chi connectivity index (χ1) is 21.3. The van der Waals surface area contributed by atoms with E-state index in [0.717, 1.165) is 49.9 Å². The molecule has 6 nitrogen and oxygen atoms in total. The van der Waals surface area contributed by atoms with E-state index in [1.807, 2.05) is 127 Å². The van der Waals surface area contributed by atoms with E-state index in [9.17, 15) is 0 Å². The van der Waals surface area contributed by atoms with Gasteiger partial charge in [-0.2, -0.15) is 4.98 Å². The third-order valence-corrected chi connectivity index (χ3v) is 7.36. The van der Waals surface area contributed by atoms with Gasteiger partial charge in [-0.05, 0) is 12.1 Å². The zero-order chi connectivity index (χ0) is 28.6. The quantitative estimate of drug-likeness (QED) is 0.212. The highest BCUT2D eigenvalue weighted by Gasteiger charge is 2.19. The first-order valence-corrected chi connectivity index (χ1v) is 14.0. The number of para-hydroxylation sites is 1. The van der Waals surface area contributed by atoms with Gasteiger partial charge in [0, 0.05) is 33.2 Å². The molecule has 6 heteroatoms. The van der Waals surface area contributed by atoms with Gasteiger partial charge >= 0.3 is 0 Å². The SMILES string of the molecule is c1ccc(-c2nc(-c3ccccc3)nc(-c3cccc(-c4nc(-c5ccccc5)nc5oc6ccccc6c45)c3)n2)cc1. The highest BCUT2D eigenvalue weighted by Crippen LogP contribution is 2.37. The minimum absolute atomic E-state index is 0.549. The van der Waals surface area contributed by atoms with Crippen LogP contribution in [0.2, 0.25) is 0 Å². The maximum atomic E-state index is 6.24. The summed E-state index contributed by atoms with van der Waals surface area (Å²) in [5, 5.41) is 1.84. The molecule has 0 aliphatic heterocycles. The largest absolute Gasteiger partial charge is 0.438 e. The Balaban J connectivity index is 1.34. The maximum absolute atomic E-state index is 6.24. The molecule has 3 heterocycles. The molecule has 202 valence electrons. The van der Waals surface area contributed by atoms with Crippen LogP contribution in [0.3, 0.4) is 0 Å². The zero-order valence-electron chi connectivity index (χ0n) is 22.9. The predicted molar refractivity (Wildman–Crippen MR) is 170 cm³/mol. The third-order valence-electron chi connectivity index (χ3n) is 7.36. The van der Waals surface area contributed by atoms with Crippen molar-refractivity contribution in [1.29, 1.82) is 0 Å². The molecule has 8 rings (SSSR count). The molecule has 0 amide bonds. The molecule has 0 saturated heterocycles. The number of hydrogen-bond acceptors (Lipinski definition) is 6. The van der Waals surface area contributed by atoms with Crippen molar-refractivity contribution in [1.82, 2.24) is 24.9 Å². The van der Waals surface area contributed by atoms with E-state index < -0.39 is 0 Å². The summed E-state index contributed by atoms with van der Waals surface area (Å²) in [6, 6.07) is 46.1. The van der Waals surface area contributed by atoms with Crippen molar-refractivity contribution in [3.8, 4) is 56.8 Å². The van der Waals surface area contributed by atoms with Crippen molar-refractivity contribution in [2.24, 2.45) is 0 Å². The fraction of sp³-hybridized carbons (Fsp3) is 0. The lowest BCUT2D eigenvalue weighted by atomic mass is 10.0. The molecule has 0 bridgehead atoms. The van der Waals surface area contributed by atoms with Crippen LogP contribution in [0, 0.1) is 0 Å². The van der Waals surface area contributed by atoms with E-state index >= 15 is 0 Å². The summed E-state index contributed by atoms with van der Waals surface area (Å²) in [4.78, 5) is 24.6. The Bertz CT molecular complexity index is 2170. The lowest BCUT2D eigenvalue weighted by Crippen LogP contribution is -2.00. The highest BCUT2D eigenvalue weighted by molar-refractivity contribution is 6.10. The second kappa shape index (κ2) is 10.4. The molecule has 0 aliphatic carbocycles. The third kappa shape index (κ3) is 4.61. The number of fused-ring (bicyclic) bond motifs is 3. The minimum Gasteiger partial charge on any atom is -0.438 e. The summed E-state index contributed by atoms with van der Waals surface area (Å²) in [7, 11) is 0. The van der Waals surface area contributed by atoms with Gasteiger partial charge in [0.05, 0.1) is 11.1 Å². The van der Waals surface area contributed by atoms with E-state index in [2.05, 4.69) is 12.1 Å². The van der Waals surface area contributed by atoms with Gasteiger partial charge in [0.1, 0.15) is 5.58 Å². The van der Waals surface area contributed by atoms with Crippen LogP contribution < -0.4 is 0 Å². The second-order valence-corrected chi connectivity index (χ2v) is 10.2. The number of rotatable bonds is 5. The summed E-state index contributed by atoms with van der Waals surface area (Å²) in [6.45, 7) is 0. The lowest BCUT2D eigenvalue weighted by molar-refractivity contribution is 0.653. The lowest BCUT2D eigenvalue weighted by Gasteiger charge is -2.10. The van der Waals surface area contributed by atoms with Gasteiger partial charge < -0.3 is 4.42 Å². The van der Waals surface area contributed by atoms with Crippen molar-refractivity contribution >= 4 is 22.1 Å². The summed E-state index contributed by atoms with van der Waals surface area (Å²) in [5.74, 6) is 2.42. The van der Waals surface area contributed by atoms with Gasteiger partial charge in [-0.3, -0.25) is 0 Å². The second-order valence-electron chi connectivity index (χ2n) is 10.2. The number of nitrogens with zero attached hydrogens (tertiary/aromatic N) is 5. The smallest absolute Gasteiger partial charge is 0.231 e. The Morgan fingerprint density at radius 1 is 0.372 bits per heavy atom. The van der Waals surface area contributed by atoms with Crippen LogP contribution in [0.4, 0.5) is 0 Å². The van der Waals surface area contributed by atoms with Crippen LogP contribution in [0.15, 0.2) is 144 Å². The van der Waals surface area contributed by atoms with E-state index in [4.69, 9.17) is 29.3 Å². The van der Waals surface area contributed by atoms with Crippen LogP contribution in [-0.4, -0.2) is 24.9 Å². The molecule has 5 aromatic carbocycles. The monoisotopic (exact) mass is 553 g/mol. The fourth-order valence-corrected chi connectivity index (χ4v) is 5.29. The van der Waals surface area contributed by atoms with Gasteiger partial charge in [0.25, 0.3) is 0 Å². The van der Waals surface area contributed by atoms with Gasteiger partial charge in [-0.1, -0.05) is 127 Å². The standard InChI is InChI=1S/C37H23N5O/c1-4-13-24(14-5-1)33-38-32(31-29-21-10-11-22-30(29)43-37(31)42-33)27-19-12-20-28(23-27)36-40-34(25-15-6-2-7-16-25)39-35(41-36)26-17-8-3-9-18-26/h1-23H. The maximum Gasteiger partial charge on any atom is 0.231 e. The summed E-state index contributed by atoms with van der Waals surface area (Å²) in [5.41, 5.74) is 6.65. The Hall–Kier alpha value is -6.01. The van der Waals surface area contributed by atoms with Crippen LogP contribution >= 0.6 is 0 Å². The van der Waals surface area contributed by atoms with E-state index in [0.29, 0.717) is 29.0 Å². The molecule has 3 aromatic heterocycles. The fourth-order valence-electron chi connectivity index (χ4n) is 5.29. The highest BCUT2D eigenvalue weighted by atomic mass is 16.3. The summed E-state index contributed by atoms with van der Waals surface area (Å²) >= 11 is 0. The van der Waals surface area contributed by atoms with Crippen LogP contribution in [-0.2, 0) is 0 Å². The molecule has 0 aliphatic rings. The Morgan fingerprint density at radius 2 is 0.837 bits per heavy atom. The van der Waals surface area contributed by atoms with E-state index in [-0.39, 0.29) is 0 Å². The van der Waals surface area contributed by atoms with Crippen LogP contribution in [0.25, 0.3) is 78.9 Å². The van der Waals surface area contributed by atoms with Crippen molar-refractivity contribution in [3.05, 3.63) is 140 Å². The Kier molecular flexibility index (Phi) is 6.01. The minimum atomic E-state index is 0.549. The number of benzene rings is 5. The molecule has 0 spiro atoms. The molecular weight excluding hydrogens is 530 g/mol. The molecule has 0 unspecified atom stereocenters. The van der Waals surface area contributed by atoms with Crippen molar-refractivity contribution < 1.29 is 4.42 Å². The van der Waals surface area contributed by atoms with Gasteiger partial charge in [-0.25, -0.2) is 19.9 Å². The average Bonchev–Trinajstić information content (AvgIpc) is 3.47. The van der Waals surface area contributed by atoms with Crippen molar-refractivity contribution in [2.75, 3.05) is 0 Å². The molecule has 0 fully saturated rings.